The minimum atomic E-state index is 0.0577. The van der Waals surface area contributed by atoms with E-state index in [1.807, 2.05) is 67.6 Å². The highest BCUT2D eigenvalue weighted by Gasteiger charge is 2.19. The third-order valence-electron chi connectivity index (χ3n) is 3.33. The Labute approximate surface area is 133 Å². The summed E-state index contributed by atoms with van der Waals surface area (Å²) in [6, 6.07) is 20.1. The second-order valence-electron chi connectivity index (χ2n) is 4.97. The van der Waals surface area contributed by atoms with Crippen LogP contribution in [0.3, 0.4) is 0 Å². The molecule has 0 aliphatic heterocycles. The molecular weight excluding hydrogens is 292 g/mol. The molecule has 3 nitrogen and oxygen atoms in total. The van der Waals surface area contributed by atoms with E-state index in [1.165, 1.54) is 11.3 Å². The van der Waals surface area contributed by atoms with Crippen molar-refractivity contribution in [3.63, 3.8) is 0 Å². The highest BCUT2D eigenvalue weighted by atomic mass is 32.1. The van der Waals surface area contributed by atoms with Gasteiger partial charge in [0.1, 0.15) is 0 Å². The maximum absolute atomic E-state index is 11.7. The molecule has 1 aromatic heterocycles. The van der Waals surface area contributed by atoms with E-state index in [0.717, 1.165) is 22.2 Å². The first-order valence-corrected chi connectivity index (χ1v) is 7.87. The van der Waals surface area contributed by atoms with E-state index in [9.17, 15) is 4.79 Å². The number of carbonyl (C=O) groups excluding carboxylic acids is 1. The number of nitrogens with zero attached hydrogens (tertiary/aromatic N) is 2. The summed E-state index contributed by atoms with van der Waals surface area (Å²) in [6.45, 7) is 3.46. The predicted molar refractivity (Wildman–Crippen MR) is 91.5 cm³/mol. The number of carbonyl (C=O) groups is 1. The SMILES string of the molecule is CC(=O)c1sc(N(c2ccccc2)c2ccccc2)nc1C. The minimum Gasteiger partial charge on any atom is -0.294 e. The van der Waals surface area contributed by atoms with Gasteiger partial charge in [-0.1, -0.05) is 47.7 Å². The molecule has 0 aliphatic rings. The van der Waals surface area contributed by atoms with Gasteiger partial charge in [-0.15, -0.1) is 0 Å². The second-order valence-corrected chi connectivity index (χ2v) is 5.95. The number of aryl methyl sites for hydroxylation is 1. The summed E-state index contributed by atoms with van der Waals surface area (Å²) in [5, 5.41) is 0.806. The molecule has 0 aliphatic carbocycles. The summed E-state index contributed by atoms with van der Waals surface area (Å²) in [6.07, 6.45) is 0. The van der Waals surface area contributed by atoms with Gasteiger partial charge in [0.2, 0.25) is 0 Å². The molecular formula is C18H16N2OS. The Kier molecular flexibility index (Phi) is 4.02. The number of rotatable bonds is 4. The number of ketones is 1. The van der Waals surface area contributed by atoms with Crippen LogP contribution in [0.4, 0.5) is 16.5 Å². The van der Waals surface area contributed by atoms with Crippen molar-refractivity contribution in [2.75, 3.05) is 4.90 Å². The molecule has 0 saturated heterocycles. The van der Waals surface area contributed by atoms with Crippen molar-refractivity contribution in [2.45, 2.75) is 13.8 Å². The fourth-order valence-electron chi connectivity index (χ4n) is 2.33. The van der Waals surface area contributed by atoms with Gasteiger partial charge in [-0.2, -0.15) is 0 Å². The molecule has 0 bridgehead atoms. The van der Waals surface area contributed by atoms with E-state index >= 15 is 0 Å². The molecule has 3 aromatic rings. The monoisotopic (exact) mass is 308 g/mol. The lowest BCUT2D eigenvalue weighted by Gasteiger charge is -2.22. The number of para-hydroxylation sites is 2. The Morgan fingerprint density at radius 1 is 0.955 bits per heavy atom. The summed E-state index contributed by atoms with van der Waals surface area (Å²) in [5.74, 6) is 0.0577. The molecule has 1 heterocycles. The molecule has 2 aromatic carbocycles. The number of benzene rings is 2. The van der Waals surface area contributed by atoms with Crippen LogP contribution in [-0.2, 0) is 0 Å². The first-order valence-electron chi connectivity index (χ1n) is 7.05. The summed E-state index contributed by atoms with van der Waals surface area (Å²) in [4.78, 5) is 19.1. The van der Waals surface area contributed by atoms with Crippen LogP contribution in [0, 0.1) is 6.92 Å². The average Bonchev–Trinajstić information content (AvgIpc) is 2.91. The van der Waals surface area contributed by atoms with E-state index in [-0.39, 0.29) is 5.78 Å². The largest absolute Gasteiger partial charge is 0.294 e. The number of thiazole rings is 1. The smallest absolute Gasteiger partial charge is 0.195 e. The van der Waals surface area contributed by atoms with Gasteiger partial charge >= 0.3 is 0 Å². The number of hydrogen-bond donors (Lipinski definition) is 0. The molecule has 22 heavy (non-hydrogen) atoms. The second kappa shape index (κ2) is 6.12. The lowest BCUT2D eigenvalue weighted by Crippen LogP contribution is -2.09. The van der Waals surface area contributed by atoms with Gasteiger partial charge in [0.05, 0.1) is 10.6 Å². The standard InChI is InChI=1S/C18H16N2OS/c1-13-17(14(2)21)22-18(19-13)20(15-9-5-3-6-10-15)16-11-7-4-8-12-16/h3-12H,1-2H3. The van der Waals surface area contributed by atoms with Crippen LogP contribution in [0.15, 0.2) is 60.7 Å². The van der Waals surface area contributed by atoms with Gasteiger partial charge < -0.3 is 0 Å². The van der Waals surface area contributed by atoms with Gasteiger partial charge in [-0.05, 0) is 31.2 Å². The van der Waals surface area contributed by atoms with Gasteiger partial charge in [-0.25, -0.2) is 4.98 Å². The van der Waals surface area contributed by atoms with Crippen LogP contribution in [-0.4, -0.2) is 10.8 Å². The third-order valence-corrected chi connectivity index (χ3v) is 4.57. The lowest BCUT2D eigenvalue weighted by molar-refractivity contribution is 0.102. The van der Waals surface area contributed by atoms with Crippen molar-refractivity contribution in [1.29, 1.82) is 0 Å². The zero-order valence-electron chi connectivity index (χ0n) is 12.5. The Morgan fingerprint density at radius 3 is 1.86 bits per heavy atom. The first kappa shape index (κ1) is 14.5. The van der Waals surface area contributed by atoms with Crippen molar-refractivity contribution >= 4 is 33.6 Å². The van der Waals surface area contributed by atoms with E-state index < -0.39 is 0 Å². The molecule has 0 atom stereocenters. The molecule has 0 fully saturated rings. The molecule has 110 valence electrons. The Morgan fingerprint density at radius 2 is 1.45 bits per heavy atom. The van der Waals surface area contributed by atoms with Gasteiger partial charge in [0.25, 0.3) is 0 Å². The van der Waals surface area contributed by atoms with E-state index in [0.29, 0.717) is 4.88 Å². The summed E-state index contributed by atoms with van der Waals surface area (Å²) < 4.78 is 0. The summed E-state index contributed by atoms with van der Waals surface area (Å²) in [5.41, 5.74) is 2.83. The van der Waals surface area contributed by atoms with Crippen LogP contribution < -0.4 is 4.90 Å². The molecule has 0 amide bonds. The van der Waals surface area contributed by atoms with Crippen molar-refractivity contribution in [2.24, 2.45) is 0 Å². The molecule has 0 N–H and O–H groups in total. The molecule has 4 heteroatoms. The Bertz CT molecular complexity index is 742. The fourth-order valence-corrected chi connectivity index (χ4v) is 3.33. The number of hydrogen-bond acceptors (Lipinski definition) is 4. The zero-order valence-corrected chi connectivity index (χ0v) is 13.3. The van der Waals surface area contributed by atoms with Crippen molar-refractivity contribution in [3.8, 4) is 0 Å². The molecule has 0 spiro atoms. The van der Waals surface area contributed by atoms with Crippen LogP contribution >= 0.6 is 11.3 Å². The normalized spacial score (nSPS) is 10.5. The third kappa shape index (κ3) is 2.78. The quantitative estimate of drug-likeness (QED) is 0.627. The van der Waals surface area contributed by atoms with Crippen molar-refractivity contribution in [3.05, 3.63) is 71.2 Å². The van der Waals surface area contributed by atoms with Gasteiger partial charge in [0, 0.05) is 18.3 Å². The van der Waals surface area contributed by atoms with Crippen molar-refractivity contribution in [1.82, 2.24) is 4.98 Å². The van der Waals surface area contributed by atoms with E-state index in [1.54, 1.807) is 6.92 Å². The topological polar surface area (TPSA) is 33.2 Å². The van der Waals surface area contributed by atoms with Crippen LogP contribution in [0.2, 0.25) is 0 Å². The van der Waals surface area contributed by atoms with Gasteiger partial charge in [0.15, 0.2) is 10.9 Å². The zero-order chi connectivity index (χ0) is 15.5. The average molecular weight is 308 g/mol. The van der Waals surface area contributed by atoms with Crippen LogP contribution in [0.25, 0.3) is 0 Å². The van der Waals surface area contributed by atoms with E-state index in [4.69, 9.17) is 0 Å². The van der Waals surface area contributed by atoms with Crippen molar-refractivity contribution < 1.29 is 4.79 Å². The van der Waals surface area contributed by atoms with Gasteiger partial charge in [-0.3, -0.25) is 9.69 Å². The first-order chi connectivity index (χ1) is 10.7. The lowest BCUT2D eigenvalue weighted by atomic mass is 10.2. The number of aromatic nitrogens is 1. The summed E-state index contributed by atoms with van der Waals surface area (Å²) >= 11 is 1.43. The minimum absolute atomic E-state index is 0.0577. The maximum atomic E-state index is 11.7. The highest BCUT2D eigenvalue weighted by Crippen LogP contribution is 2.37. The van der Waals surface area contributed by atoms with E-state index in [2.05, 4.69) is 9.88 Å². The molecule has 0 radical (unpaired) electrons. The highest BCUT2D eigenvalue weighted by molar-refractivity contribution is 7.17. The molecule has 0 saturated carbocycles. The number of anilines is 3. The summed E-state index contributed by atoms with van der Waals surface area (Å²) in [7, 11) is 0. The molecule has 0 unspecified atom stereocenters. The fraction of sp³-hybridized carbons (Fsp3) is 0.111. The van der Waals surface area contributed by atoms with Crippen LogP contribution in [0.1, 0.15) is 22.3 Å². The number of Topliss-reactive ketones (excluding diaryl/α,β-unsaturated/α-hetero) is 1. The van der Waals surface area contributed by atoms with Crippen LogP contribution in [0.5, 0.6) is 0 Å². The molecule has 3 rings (SSSR count). The maximum Gasteiger partial charge on any atom is 0.195 e. The predicted octanol–water partition coefficient (Wildman–Crippen LogP) is 5.12. The Hall–Kier alpha value is -2.46. The Balaban J connectivity index is 2.14.